The highest BCUT2D eigenvalue weighted by Gasteiger charge is 2.11. The van der Waals surface area contributed by atoms with Gasteiger partial charge in [-0.2, -0.15) is 5.10 Å². The molecule has 0 aliphatic heterocycles. The number of benzene rings is 1. The Balaban J connectivity index is 2.00. The summed E-state index contributed by atoms with van der Waals surface area (Å²) in [7, 11) is 0. The van der Waals surface area contributed by atoms with Gasteiger partial charge in [-0.15, -0.1) is 0 Å². The molecular weight excluding hydrogens is 252 g/mol. The van der Waals surface area contributed by atoms with Crippen molar-refractivity contribution in [3.8, 4) is 11.6 Å². The van der Waals surface area contributed by atoms with Gasteiger partial charge in [0.15, 0.2) is 0 Å². The van der Waals surface area contributed by atoms with Crippen LogP contribution in [0.4, 0.5) is 5.69 Å². The smallest absolute Gasteiger partial charge is 0.245 e. The zero-order chi connectivity index (χ0) is 14.1. The summed E-state index contributed by atoms with van der Waals surface area (Å²) in [6, 6.07) is 9.24. The standard InChI is InChI=1S/C15H16N4O/c1-10(2)13-9-14-15(17-7-8-19(14)18-13)20-12-5-3-11(16)4-6-12/h3-10H,16H2,1-2H3. The van der Waals surface area contributed by atoms with E-state index in [2.05, 4.69) is 23.9 Å². The molecule has 5 heteroatoms. The molecule has 3 aromatic rings. The molecule has 0 aliphatic rings. The molecule has 0 saturated heterocycles. The molecule has 102 valence electrons. The number of fused-ring (bicyclic) bond motifs is 1. The van der Waals surface area contributed by atoms with Crippen molar-refractivity contribution in [2.24, 2.45) is 0 Å². The first-order valence-electron chi connectivity index (χ1n) is 6.51. The van der Waals surface area contributed by atoms with Gasteiger partial charge >= 0.3 is 0 Å². The molecule has 2 N–H and O–H groups in total. The van der Waals surface area contributed by atoms with E-state index >= 15 is 0 Å². The van der Waals surface area contributed by atoms with Crippen LogP contribution >= 0.6 is 0 Å². The summed E-state index contributed by atoms with van der Waals surface area (Å²) < 4.78 is 7.60. The topological polar surface area (TPSA) is 65.4 Å². The van der Waals surface area contributed by atoms with Crippen LogP contribution in [0.1, 0.15) is 25.5 Å². The van der Waals surface area contributed by atoms with Gasteiger partial charge in [-0.1, -0.05) is 13.8 Å². The number of nitrogens with two attached hydrogens (primary N) is 1. The third kappa shape index (κ3) is 2.30. The van der Waals surface area contributed by atoms with Gasteiger partial charge in [-0.25, -0.2) is 9.50 Å². The van der Waals surface area contributed by atoms with Crippen LogP contribution in [0.2, 0.25) is 0 Å². The van der Waals surface area contributed by atoms with Gasteiger partial charge in [0.2, 0.25) is 5.88 Å². The maximum atomic E-state index is 5.81. The Hall–Kier alpha value is -2.56. The van der Waals surface area contributed by atoms with E-state index in [0.29, 0.717) is 23.2 Å². The number of hydrogen-bond donors (Lipinski definition) is 1. The summed E-state index contributed by atoms with van der Waals surface area (Å²) in [5, 5.41) is 4.51. The highest BCUT2D eigenvalue weighted by Crippen LogP contribution is 2.26. The molecule has 0 radical (unpaired) electrons. The number of aromatic nitrogens is 3. The summed E-state index contributed by atoms with van der Waals surface area (Å²) in [6.07, 6.45) is 3.49. The van der Waals surface area contributed by atoms with E-state index in [4.69, 9.17) is 10.5 Å². The van der Waals surface area contributed by atoms with E-state index < -0.39 is 0 Å². The molecule has 5 nitrogen and oxygen atoms in total. The molecule has 20 heavy (non-hydrogen) atoms. The Morgan fingerprint density at radius 2 is 1.95 bits per heavy atom. The van der Waals surface area contributed by atoms with E-state index in [1.807, 2.05) is 24.4 Å². The number of hydrogen-bond acceptors (Lipinski definition) is 4. The van der Waals surface area contributed by atoms with Crippen molar-refractivity contribution in [2.75, 3.05) is 5.73 Å². The Morgan fingerprint density at radius 1 is 1.20 bits per heavy atom. The number of nitrogen functional groups attached to an aromatic ring is 1. The van der Waals surface area contributed by atoms with Gasteiger partial charge in [0.25, 0.3) is 0 Å². The molecule has 0 aliphatic carbocycles. The van der Waals surface area contributed by atoms with Crippen molar-refractivity contribution in [1.29, 1.82) is 0 Å². The molecule has 1 aromatic carbocycles. The van der Waals surface area contributed by atoms with Crippen LogP contribution in [0.3, 0.4) is 0 Å². The second kappa shape index (κ2) is 4.85. The van der Waals surface area contributed by atoms with Crippen molar-refractivity contribution >= 4 is 11.2 Å². The zero-order valence-corrected chi connectivity index (χ0v) is 11.4. The van der Waals surface area contributed by atoms with Crippen molar-refractivity contribution in [1.82, 2.24) is 14.6 Å². The molecule has 2 heterocycles. The lowest BCUT2D eigenvalue weighted by atomic mass is 10.1. The lowest BCUT2D eigenvalue weighted by Gasteiger charge is -2.05. The van der Waals surface area contributed by atoms with Crippen molar-refractivity contribution in [3.05, 3.63) is 48.4 Å². The van der Waals surface area contributed by atoms with E-state index in [1.165, 1.54) is 0 Å². The lowest BCUT2D eigenvalue weighted by molar-refractivity contribution is 0.465. The average Bonchev–Trinajstić information content (AvgIpc) is 2.87. The predicted octanol–water partition coefficient (Wildman–Crippen LogP) is 3.23. The van der Waals surface area contributed by atoms with Crippen LogP contribution in [-0.4, -0.2) is 14.6 Å². The largest absolute Gasteiger partial charge is 0.437 e. The molecule has 0 amide bonds. The minimum Gasteiger partial charge on any atom is -0.437 e. The third-order valence-electron chi connectivity index (χ3n) is 3.06. The summed E-state index contributed by atoms with van der Waals surface area (Å²) in [5.41, 5.74) is 8.23. The van der Waals surface area contributed by atoms with Crippen LogP contribution in [0.25, 0.3) is 5.52 Å². The van der Waals surface area contributed by atoms with E-state index in [-0.39, 0.29) is 0 Å². The van der Waals surface area contributed by atoms with Crippen molar-refractivity contribution in [2.45, 2.75) is 19.8 Å². The Morgan fingerprint density at radius 3 is 2.65 bits per heavy atom. The van der Waals surface area contributed by atoms with Gasteiger partial charge < -0.3 is 10.5 Å². The summed E-state index contributed by atoms with van der Waals surface area (Å²) in [6.45, 7) is 4.21. The van der Waals surface area contributed by atoms with Gasteiger partial charge in [-0.05, 0) is 36.2 Å². The first-order valence-corrected chi connectivity index (χ1v) is 6.51. The quantitative estimate of drug-likeness (QED) is 0.741. The fraction of sp³-hybridized carbons (Fsp3) is 0.200. The average molecular weight is 268 g/mol. The molecular formula is C15H16N4O. The normalized spacial score (nSPS) is 11.2. The van der Waals surface area contributed by atoms with E-state index in [9.17, 15) is 0 Å². The SMILES string of the molecule is CC(C)c1cc2c(Oc3ccc(N)cc3)nccn2n1. The van der Waals surface area contributed by atoms with E-state index in [0.717, 1.165) is 11.2 Å². The van der Waals surface area contributed by atoms with E-state index in [1.54, 1.807) is 22.8 Å². The number of nitrogens with zero attached hydrogens (tertiary/aromatic N) is 3. The highest BCUT2D eigenvalue weighted by molar-refractivity contribution is 5.58. The number of rotatable bonds is 3. The monoisotopic (exact) mass is 268 g/mol. The van der Waals surface area contributed by atoms with Crippen LogP contribution in [0.15, 0.2) is 42.7 Å². The Bertz CT molecular complexity index is 731. The Labute approximate surface area is 117 Å². The van der Waals surface area contributed by atoms with Crippen molar-refractivity contribution in [3.63, 3.8) is 0 Å². The summed E-state index contributed by atoms with van der Waals surface area (Å²) >= 11 is 0. The Kier molecular flexibility index (Phi) is 3.02. The molecule has 0 fully saturated rings. The summed E-state index contributed by atoms with van der Waals surface area (Å²) in [4.78, 5) is 4.28. The van der Waals surface area contributed by atoms with Gasteiger partial charge in [-0.3, -0.25) is 0 Å². The molecule has 0 spiro atoms. The highest BCUT2D eigenvalue weighted by atomic mass is 16.5. The molecule has 2 aromatic heterocycles. The van der Waals surface area contributed by atoms with Gasteiger partial charge in [0.05, 0.1) is 5.69 Å². The maximum Gasteiger partial charge on any atom is 0.245 e. The predicted molar refractivity (Wildman–Crippen MR) is 78.0 cm³/mol. The molecule has 0 bridgehead atoms. The van der Waals surface area contributed by atoms with Crippen LogP contribution in [0.5, 0.6) is 11.6 Å². The summed E-state index contributed by atoms with van der Waals surface area (Å²) in [5.74, 6) is 1.60. The van der Waals surface area contributed by atoms with Crippen LogP contribution in [-0.2, 0) is 0 Å². The van der Waals surface area contributed by atoms with Gasteiger partial charge in [0, 0.05) is 18.1 Å². The fourth-order valence-electron chi connectivity index (χ4n) is 1.93. The van der Waals surface area contributed by atoms with Crippen molar-refractivity contribution < 1.29 is 4.74 Å². The number of anilines is 1. The minimum absolute atomic E-state index is 0.360. The first kappa shape index (κ1) is 12.5. The number of ether oxygens (including phenoxy) is 1. The molecule has 0 atom stereocenters. The van der Waals surface area contributed by atoms with Gasteiger partial charge in [0.1, 0.15) is 11.3 Å². The fourth-order valence-corrected chi connectivity index (χ4v) is 1.93. The molecule has 3 rings (SSSR count). The third-order valence-corrected chi connectivity index (χ3v) is 3.06. The minimum atomic E-state index is 0.360. The maximum absolute atomic E-state index is 5.81. The van der Waals surface area contributed by atoms with Crippen LogP contribution < -0.4 is 10.5 Å². The second-order valence-corrected chi connectivity index (χ2v) is 4.96. The second-order valence-electron chi connectivity index (χ2n) is 4.96. The first-order chi connectivity index (χ1) is 9.63. The van der Waals surface area contributed by atoms with Crippen LogP contribution in [0, 0.1) is 0 Å². The zero-order valence-electron chi connectivity index (χ0n) is 11.4. The molecule has 0 unspecified atom stereocenters. The molecule has 0 saturated carbocycles. The lowest BCUT2D eigenvalue weighted by Crippen LogP contribution is -1.94.